The lowest BCUT2D eigenvalue weighted by Gasteiger charge is -2.29. The van der Waals surface area contributed by atoms with Gasteiger partial charge >= 0.3 is 0 Å². The molecule has 136 valence electrons. The molecule has 1 fully saturated rings. The van der Waals surface area contributed by atoms with E-state index >= 15 is 0 Å². The SMILES string of the molecule is CCCC1=Cc2c(ncc(-c3ccccn3)c2NC2CCC(N)CC2)C1. The Balaban J connectivity index is 1.72. The number of hydrogen-bond acceptors (Lipinski definition) is 4. The summed E-state index contributed by atoms with van der Waals surface area (Å²) in [6.07, 6.45) is 14.0. The van der Waals surface area contributed by atoms with Gasteiger partial charge in [0.1, 0.15) is 0 Å². The van der Waals surface area contributed by atoms with Crippen LogP contribution < -0.4 is 11.1 Å². The van der Waals surface area contributed by atoms with Gasteiger partial charge in [0.2, 0.25) is 0 Å². The van der Waals surface area contributed by atoms with Crippen LogP contribution in [0, 0.1) is 0 Å². The molecule has 4 rings (SSSR count). The van der Waals surface area contributed by atoms with Crippen LogP contribution in [-0.2, 0) is 6.42 Å². The number of nitrogens with one attached hydrogen (secondary N) is 1. The minimum atomic E-state index is 0.363. The number of aromatic nitrogens is 2. The zero-order valence-electron chi connectivity index (χ0n) is 15.5. The first-order valence-corrected chi connectivity index (χ1v) is 9.89. The van der Waals surface area contributed by atoms with Crippen LogP contribution in [-0.4, -0.2) is 22.1 Å². The number of pyridine rings is 2. The van der Waals surface area contributed by atoms with E-state index in [9.17, 15) is 0 Å². The van der Waals surface area contributed by atoms with Gasteiger partial charge in [-0.25, -0.2) is 0 Å². The minimum absolute atomic E-state index is 0.363. The standard InChI is InChI=1S/C22H28N4/c1-2-5-15-12-18-21(13-15)25-14-19(20-6-3-4-11-24-20)22(18)26-17-9-7-16(23)8-10-17/h3-4,6,11-12,14,16-17H,2,5,7-10,13,23H2,1H3,(H,25,26). The van der Waals surface area contributed by atoms with E-state index in [1.54, 1.807) is 0 Å². The molecule has 0 spiro atoms. The normalized spacial score (nSPS) is 22.0. The number of rotatable bonds is 5. The highest BCUT2D eigenvalue weighted by Gasteiger charge is 2.24. The summed E-state index contributed by atoms with van der Waals surface area (Å²) < 4.78 is 0. The molecule has 0 bridgehead atoms. The lowest BCUT2D eigenvalue weighted by molar-refractivity contribution is 0.411. The fourth-order valence-electron chi connectivity index (χ4n) is 4.15. The van der Waals surface area contributed by atoms with Crippen molar-refractivity contribution >= 4 is 11.8 Å². The minimum Gasteiger partial charge on any atom is -0.381 e. The Labute approximate surface area is 155 Å². The highest BCUT2D eigenvalue weighted by molar-refractivity contribution is 5.86. The first-order chi connectivity index (χ1) is 12.7. The number of nitrogens with zero attached hydrogens (tertiary/aromatic N) is 2. The fourth-order valence-corrected chi connectivity index (χ4v) is 4.15. The second-order valence-electron chi connectivity index (χ2n) is 7.61. The Morgan fingerprint density at radius 1 is 1.15 bits per heavy atom. The van der Waals surface area contributed by atoms with Crippen molar-refractivity contribution in [1.82, 2.24) is 9.97 Å². The van der Waals surface area contributed by atoms with Crippen LogP contribution in [0.25, 0.3) is 17.3 Å². The average molecular weight is 348 g/mol. The molecule has 1 saturated carbocycles. The molecule has 2 aromatic heterocycles. The smallest absolute Gasteiger partial charge is 0.0738 e. The van der Waals surface area contributed by atoms with Crippen LogP contribution in [0.3, 0.4) is 0 Å². The van der Waals surface area contributed by atoms with Crippen molar-refractivity contribution in [2.24, 2.45) is 5.73 Å². The molecule has 3 N–H and O–H groups in total. The second-order valence-corrected chi connectivity index (χ2v) is 7.61. The molecule has 0 amide bonds. The maximum absolute atomic E-state index is 6.10. The molecule has 4 nitrogen and oxygen atoms in total. The Kier molecular flexibility index (Phi) is 5.02. The third-order valence-electron chi connectivity index (χ3n) is 5.57. The summed E-state index contributed by atoms with van der Waals surface area (Å²) in [6, 6.07) is 6.91. The largest absolute Gasteiger partial charge is 0.381 e. The summed E-state index contributed by atoms with van der Waals surface area (Å²) in [6.45, 7) is 2.24. The van der Waals surface area contributed by atoms with Gasteiger partial charge in [0.05, 0.1) is 17.1 Å². The van der Waals surface area contributed by atoms with E-state index in [4.69, 9.17) is 10.7 Å². The first-order valence-electron chi connectivity index (χ1n) is 9.89. The quantitative estimate of drug-likeness (QED) is 0.831. The van der Waals surface area contributed by atoms with Crippen LogP contribution in [0.4, 0.5) is 5.69 Å². The number of nitrogens with two attached hydrogens (primary N) is 1. The molecule has 0 aliphatic heterocycles. The lowest BCUT2D eigenvalue weighted by Crippen LogP contribution is -2.33. The second kappa shape index (κ2) is 7.58. The van der Waals surface area contributed by atoms with E-state index in [2.05, 4.69) is 29.4 Å². The molecular formula is C22H28N4. The molecule has 0 atom stereocenters. The van der Waals surface area contributed by atoms with Crippen molar-refractivity contribution in [3.05, 3.63) is 47.4 Å². The Morgan fingerprint density at radius 2 is 2.00 bits per heavy atom. The van der Waals surface area contributed by atoms with Gasteiger partial charge in [0.15, 0.2) is 0 Å². The van der Waals surface area contributed by atoms with E-state index < -0.39 is 0 Å². The highest BCUT2D eigenvalue weighted by Crippen LogP contribution is 2.38. The zero-order valence-corrected chi connectivity index (χ0v) is 15.5. The summed E-state index contributed by atoms with van der Waals surface area (Å²) in [4.78, 5) is 9.36. The fraction of sp³-hybridized carbons (Fsp3) is 0.455. The molecule has 2 aromatic rings. The third-order valence-corrected chi connectivity index (χ3v) is 5.57. The summed E-state index contributed by atoms with van der Waals surface area (Å²) in [5, 5.41) is 3.85. The summed E-state index contributed by atoms with van der Waals surface area (Å²) in [5.74, 6) is 0. The molecule has 2 aliphatic rings. The molecule has 0 aromatic carbocycles. The summed E-state index contributed by atoms with van der Waals surface area (Å²) >= 11 is 0. The van der Waals surface area contributed by atoms with Crippen molar-refractivity contribution in [3.8, 4) is 11.3 Å². The van der Waals surface area contributed by atoms with E-state index in [1.807, 2.05) is 24.5 Å². The number of allylic oxidation sites excluding steroid dienone is 1. The predicted molar refractivity (Wildman–Crippen MR) is 108 cm³/mol. The maximum Gasteiger partial charge on any atom is 0.0738 e. The first kappa shape index (κ1) is 17.2. The zero-order chi connectivity index (χ0) is 17.9. The van der Waals surface area contributed by atoms with E-state index in [-0.39, 0.29) is 0 Å². The highest BCUT2D eigenvalue weighted by atomic mass is 14.9. The molecule has 0 saturated heterocycles. The Bertz CT molecular complexity index is 789. The monoisotopic (exact) mass is 348 g/mol. The molecule has 0 radical (unpaired) electrons. The van der Waals surface area contributed by atoms with Crippen molar-refractivity contribution in [2.45, 2.75) is 64.0 Å². The van der Waals surface area contributed by atoms with Gasteiger partial charge in [-0.05, 0) is 44.2 Å². The van der Waals surface area contributed by atoms with Gasteiger partial charge in [-0.15, -0.1) is 0 Å². The predicted octanol–water partition coefficient (Wildman–Crippen LogP) is 4.57. The maximum atomic E-state index is 6.10. The van der Waals surface area contributed by atoms with E-state index in [0.717, 1.165) is 49.8 Å². The number of hydrogen-bond donors (Lipinski definition) is 2. The van der Waals surface area contributed by atoms with Crippen LogP contribution >= 0.6 is 0 Å². The van der Waals surface area contributed by atoms with Gasteiger partial charge in [-0.1, -0.05) is 31.1 Å². The van der Waals surface area contributed by atoms with Crippen molar-refractivity contribution in [3.63, 3.8) is 0 Å². The van der Waals surface area contributed by atoms with Gasteiger partial charge in [-0.2, -0.15) is 0 Å². The molecule has 2 aliphatic carbocycles. The van der Waals surface area contributed by atoms with Gasteiger partial charge in [0.25, 0.3) is 0 Å². The van der Waals surface area contributed by atoms with E-state index in [1.165, 1.54) is 28.9 Å². The summed E-state index contributed by atoms with van der Waals surface area (Å²) in [7, 11) is 0. The number of anilines is 1. The Hall–Kier alpha value is -2.20. The molecule has 26 heavy (non-hydrogen) atoms. The van der Waals surface area contributed by atoms with Gasteiger partial charge in [0, 0.05) is 42.0 Å². The number of fused-ring (bicyclic) bond motifs is 1. The van der Waals surface area contributed by atoms with Crippen LogP contribution in [0.1, 0.15) is 56.7 Å². The molecular weight excluding hydrogens is 320 g/mol. The molecule has 4 heteroatoms. The van der Waals surface area contributed by atoms with Gasteiger partial charge < -0.3 is 11.1 Å². The van der Waals surface area contributed by atoms with Crippen molar-refractivity contribution < 1.29 is 0 Å². The third kappa shape index (κ3) is 3.51. The molecule has 2 heterocycles. The van der Waals surface area contributed by atoms with E-state index in [0.29, 0.717) is 12.1 Å². The molecule has 0 unspecified atom stereocenters. The van der Waals surface area contributed by atoms with Crippen LogP contribution in [0.2, 0.25) is 0 Å². The Morgan fingerprint density at radius 3 is 2.73 bits per heavy atom. The lowest BCUT2D eigenvalue weighted by atomic mass is 9.91. The van der Waals surface area contributed by atoms with Crippen LogP contribution in [0.15, 0.2) is 36.2 Å². The van der Waals surface area contributed by atoms with Gasteiger partial charge in [-0.3, -0.25) is 9.97 Å². The van der Waals surface area contributed by atoms with Crippen molar-refractivity contribution in [1.29, 1.82) is 0 Å². The average Bonchev–Trinajstić information content (AvgIpc) is 3.08. The topological polar surface area (TPSA) is 63.8 Å². The van der Waals surface area contributed by atoms with Crippen molar-refractivity contribution in [2.75, 3.05) is 5.32 Å². The summed E-state index contributed by atoms with van der Waals surface area (Å²) in [5.41, 5.74) is 13.3. The van der Waals surface area contributed by atoms with Crippen LogP contribution in [0.5, 0.6) is 0 Å².